The molecule has 0 amide bonds. The van der Waals surface area contributed by atoms with Crippen molar-refractivity contribution in [1.29, 1.82) is 5.26 Å². The maximum Gasteiger partial charge on any atom is 0.310 e. The Kier molecular flexibility index (Phi) is 6.04. The second-order valence-corrected chi connectivity index (χ2v) is 4.20. The lowest BCUT2D eigenvalue weighted by atomic mass is 9.99. The molecule has 0 unspecified atom stereocenters. The van der Waals surface area contributed by atoms with Gasteiger partial charge in [0.1, 0.15) is 0 Å². The fraction of sp³-hybridized carbons (Fsp3) is 0.357. The number of hydrogen-bond acceptors (Lipinski definition) is 4. The zero-order valence-corrected chi connectivity index (χ0v) is 11.4. The van der Waals surface area contributed by atoms with Crippen molar-refractivity contribution in [1.82, 2.24) is 0 Å². The first-order valence-electron chi connectivity index (χ1n) is 5.85. The van der Waals surface area contributed by atoms with Gasteiger partial charge in [-0.05, 0) is 24.1 Å². The first-order valence-corrected chi connectivity index (χ1v) is 6.39. The summed E-state index contributed by atoms with van der Waals surface area (Å²) in [5.74, 6) is -0.553. The largest absolute Gasteiger partial charge is 0.466 e. The lowest BCUT2D eigenvalue weighted by Crippen LogP contribution is -2.09. The smallest absolute Gasteiger partial charge is 0.310 e. The zero-order chi connectivity index (χ0) is 14.3. The van der Waals surface area contributed by atoms with Crippen molar-refractivity contribution >= 4 is 23.4 Å². The molecule has 0 bridgehead atoms. The molecular formula is C14H14ClNO3. The van der Waals surface area contributed by atoms with Crippen LogP contribution < -0.4 is 0 Å². The van der Waals surface area contributed by atoms with Crippen molar-refractivity contribution < 1.29 is 14.3 Å². The molecule has 0 N–H and O–H groups in total. The molecule has 0 saturated heterocycles. The van der Waals surface area contributed by atoms with Gasteiger partial charge in [-0.15, -0.1) is 11.6 Å². The number of esters is 1. The van der Waals surface area contributed by atoms with E-state index in [1.807, 2.05) is 6.07 Å². The van der Waals surface area contributed by atoms with Gasteiger partial charge in [0.25, 0.3) is 0 Å². The minimum absolute atomic E-state index is 0.0740. The van der Waals surface area contributed by atoms with Gasteiger partial charge in [0, 0.05) is 6.42 Å². The molecule has 0 saturated carbocycles. The molecule has 0 radical (unpaired) electrons. The lowest BCUT2D eigenvalue weighted by molar-refractivity contribution is -0.142. The highest BCUT2D eigenvalue weighted by molar-refractivity contribution is 6.27. The molecule has 1 aromatic carbocycles. The molecule has 0 heterocycles. The summed E-state index contributed by atoms with van der Waals surface area (Å²) in [4.78, 5) is 22.6. The normalized spacial score (nSPS) is 9.74. The Morgan fingerprint density at radius 3 is 2.68 bits per heavy atom. The number of hydrogen-bond donors (Lipinski definition) is 0. The summed E-state index contributed by atoms with van der Waals surface area (Å²) >= 11 is 5.44. The number of ketones is 1. The van der Waals surface area contributed by atoms with Crippen molar-refractivity contribution in [3.8, 4) is 6.07 Å². The molecule has 0 aliphatic carbocycles. The van der Waals surface area contributed by atoms with E-state index < -0.39 is 0 Å². The van der Waals surface area contributed by atoms with Crippen LogP contribution in [0.25, 0.3) is 0 Å². The van der Waals surface area contributed by atoms with Gasteiger partial charge in [-0.2, -0.15) is 5.26 Å². The minimum atomic E-state index is -0.337. The molecule has 4 nitrogen and oxygen atoms in total. The predicted octanol–water partition coefficient (Wildman–Crippen LogP) is 2.01. The van der Waals surface area contributed by atoms with Crippen LogP contribution in [0.3, 0.4) is 0 Å². The van der Waals surface area contributed by atoms with Crippen LogP contribution in [0.2, 0.25) is 0 Å². The summed E-state index contributed by atoms with van der Waals surface area (Å²) in [7, 11) is 0. The van der Waals surface area contributed by atoms with Crippen molar-refractivity contribution in [3.05, 3.63) is 34.9 Å². The highest BCUT2D eigenvalue weighted by atomic mass is 35.5. The summed E-state index contributed by atoms with van der Waals surface area (Å²) < 4.78 is 4.84. The van der Waals surface area contributed by atoms with E-state index in [-0.39, 0.29) is 30.5 Å². The van der Waals surface area contributed by atoms with Crippen molar-refractivity contribution in [2.24, 2.45) is 0 Å². The van der Waals surface area contributed by atoms with Crippen LogP contribution in [0.5, 0.6) is 0 Å². The van der Waals surface area contributed by atoms with E-state index in [1.54, 1.807) is 25.1 Å². The number of alkyl halides is 1. The SMILES string of the molecule is CCOC(=O)Cc1ccc(CC(=O)CCl)c(C#N)c1. The number of carbonyl (C=O) groups excluding carboxylic acids is 2. The molecule has 0 aliphatic heterocycles. The van der Waals surface area contributed by atoms with Gasteiger partial charge in [-0.1, -0.05) is 12.1 Å². The average molecular weight is 280 g/mol. The molecule has 1 rings (SSSR count). The summed E-state index contributed by atoms with van der Waals surface area (Å²) in [5.41, 5.74) is 1.71. The number of ether oxygens (including phenoxy) is 1. The number of halogens is 1. The van der Waals surface area contributed by atoms with Crippen LogP contribution >= 0.6 is 11.6 Å². The summed E-state index contributed by atoms with van der Waals surface area (Å²) in [5, 5.41) is 9.06. The third-order valence-corrected chi connectivity index (χ3v) is 2.78. The molecule has 0 fully saturated rings. The Balaban J connectivity index is 2.87. The molecule has 1 aromatic rings. The molecule has 100 valence electrons. The second kappa shape index (κ2) is 7.55. The van der Waals surface area contributed by atoms with Gasteiger partial charge in [0.2, 0.25) is 0 Å². The van der Waals surface area contributed by atoms with E-state index >= 15 is 0 Å². The Morgan fingerprint density at radius 2 is 2.11 bits per heavy atom. The molecule has 5 heteroatoms. The summed E-state index contributed by atoms with van der Waals surface area (Å²) in [6.07, 6.45) is 0.248. The third kappa shape index (κ3) is 4.72. The quantitative estimate of drug-likeness (QED) is 0.590. The highest BCUT2D eigenvalue weighted by Gasteiger charge is 2.10. The maximum atomic E-state index is 11.3. The monoisotopic (exact) mass is 279 g/mol. The zero-order valence-electron chi connectivity index (χ0n) is 10.6. The van der Waals surface area contributed by atoms with E-state index in [1.165, 1.54) is 0 Å². The number of rotatable bonds is 6. The third-order valence-electron chi connectivity index (χ3n) is 2.49. The van der Waals surface area contributed by atoms with Crippen LogP contribution in [-0.2, 0) is 27.2 Å². The van der Waals surface area contributed by atoms with Crippen molar-refractivity contribution in [3.63, 3.8) is 0 Å². The van der Waals surface area contributed by atoms with Gasteiger partial charge < -0.3 is 4.74 Å². The van der Waals surface area contributed by atoms with E-state index in [2.05, 4.69) is 0 Å². The number of Topliss-reactive ketones (excluding diaryl/α,β-unsaturated/α-hetero) is 1. The summed E-state index contributed by atoms with van der Waals surface area (Å²) in [6.45, 7) is 2.06. The average Bonchev–Trinajstić information content (AvgIpc) is 2.40. The Bertz CT molecular complexity index is 520. The number of nitriles is 1. The molecule has 0 atom stereocenters. The topological polar surface area (TPSA) is 67.2 Å². The fourth-order valence-electron chi connectivity index (χ4n) is 1.63. The molecule has 0 aliphatic rings. The Morgan fingerprint density at radius 1 is 1.37 bits per heavy atom. The van der Waals surface area contributed by atoms with Crippen LogP contribution in [0.1, 0.15) is 23.6 Å². The van der Waals surface area contributed by atoms with Gasteiger partial charge in [-0.25, -0.2) is 0 Å². The molecule has 0 aromatic heterocycles. The first kappa shape index (κ1) is 15.2. The Labute approximate surface area is 116 Å². The van der Waals surface area contributed by atoms with Crippen molar-refractivity contribution in [2.75, 3.05) is 12.5 Å². The van der Waals surface area contributed by atoms with E-state index in [9.17, 15) is 9.59 Å². The minimum Gasteiger partial charge on any atom is -0.466 e. The van der Waals surface area contributed by atoms with Crippen LogP contribution in [0.15, 0.2) is 18.2 Å². The van der Waals surface area contributed by atoms with Crippen LogP contribution in [0, 0.1) is 11.3 Å². The number of benzene rings is 1. The first-order chi connectivity index (χ1) is 9.10. The summed E-state index contributed by atoms with van der Waals surface area (Å²) in [6, 6.07) is 7.02. The van der Waals surface area contributed by atoms with Crippen molar-refractivity contribution in [2.45, 2.75) is 19.8 Å². The van der Waals surface area contributed by atoms with Gasteiger partial charge in [0.15, 0.2) is 5.78 Å². The molecule has 19 heavy (non-hydrogen) atoms. The van der Waals surface area contributed by atoms with Gasteiger partial charge >= 0.3 is 5.97 Å². The van der Waals surface area contributed by atoms with E-state index in [0.717, 1.165) is 0 Å². The highest BCUT2D eigenvalue weighted by Crippen LogP contribution is 2.13. The van der Waals surface area contributed by atoms with E-state index in [4.69, 9.17) is 21.6 Å². The van der Waals surface area contributed by atoms with E-state index in [0.29, 0.717) is 23.3 Å². The van der Waals surface area contributed by atoms with Crippen LogP contribution in [0.4, 0.5) is 0 Å². The number of nitrogens with zero attached hydrogens (tertiary/aromatic N) is 1. The van der Waals surface area contributed by atoms with Gasteiger partial charge in [-0.3, -0.25) is 9.59 Å². The Hall–Kier alpha value is -1.86. The number of carbonyl (C=O) groups is 2. The second-order valence-electron chi connectivity index (χ2n) is 3.93. The maximum absolute atomic E-state index is 11.3. The van der Waals surface area contributed by atoms with Gasteiger partial charge in [0.05, 0.1) is 30.5 Å². The predicted molar refractivity (Wildman–Crippen MR) is 70.9 cm³/mol. The van der Waals surface area contributed by atoms with Crippen LogP contribution in [-0.4, -0.2) is 24.2 Å². The molecule has 0 spiro atoms. The standard InChI is InChI=1S/C14H14ClNO3/c1-2-19-14(18)6-10-3-4-11(7-13(17)8-15)12(5-10)9-16/h3-5H,2,6-8H2,1H3. The molecular weight excluding hydrogens is 266 g/mol. The lowest BCUT2D eigenvalue weighted by Gasteiger charge is -2.06. The fourth-order valence-corrected chi connectivity index (χ4v) is 1.72.